The second-order valence-electron chi connectivity index (χ2n) is 5.40. The van der Waals surface area contributed by atoms with Crippen LogP contribution in [0.1, 0.15) is 27.3 Å². The number of nitrogens with zero attached hydrogens (tertiary/aromatic N) is 3. The Morgan fingerprint density at radius 1 is 1.27 bits per heavy atom. The number of amides is 1. The van der Waals surface area contributed by atoms with Gasteiger partial charge in [0, 0.05) is 6.07 Å². The second kappa shape index (κ2) is 7.52. The average Bonchev–Trinajstić information content (AvgIpc) is 3.27. The highest BCUT2D eigenvalue weighted by Crippen LogP contribution is 2.31. The Kier molecular flexibility index (Phi) is 5.17. The molecule has 1 amide bonds. The quantitative estimate of drug-likeness (QED) is 0.688. The molecule has 0 aliphatic carbocycles. The number of hydrogen-bond donors (Lipinski definition) is 2. The molecule has 26 heavy (non-hydrogen) atoms. The maximum absolute atomic E-state index is 12.4. The van der Waals surface area contributed by atoms with Crippen molar-refractivity contribution in [1.29, 1.82) is 0 Å². The van der Waals surface area contributed by atoms with E-state index in [2.05, 4.69) is 25.5 Å². The number of anilines is 1. The van der Waals surface area contributed by atoms with Gasteiger partial charge in [0.25, 0.3) is 5.91 Å². The van der Waals surface area contributed by atoms with E-state index < -0.39 is 0 Å². The lowest BCUT2D eigenvalue weighted by Crippen LogP contribution is -2.12. The van der Waals surface area contributed by atoms with Crippen molar-refractivity contribution < 1.29 is 14.3 Å². The molecular weight excluding hydrogens is 354 g/mol. The van der Waals surface area contributed by atoms with Crippen molar-refractivity contribution in [2.45, 2.75) is 20.3 Å². The monoisotopic (exact) mass is 373 g/mol. The molecule has 0 saturated carbocycles. The van der Waals surface area contributed by atoms with Gasteiger partial charge in [-0.1, -0.05) is 6.92 Å². The molecule has 8 nitrogen and oxygen atoms in total. The Bertz CT molecular complexity index is 934. The molecule has 0 spiro atoms. The van der Waals surface area contributed by atoms with Crippen molar-refractivity contribution in [3.05, 3.63) is 33.8 Å². The van der Waals surface area contributed by atoms with Crippen LogP contribution in [-0.2, 0) is 6.42 Å². The van der Waals surface area contributed by atoms with E-state index in [9.17, 15) is 4.79 Å². The number of ether oxygens (including phenoxy) is 2. The lowest BCUT2D eigenvalue weighted by Gasteiger charge is -2.07. The smallest absolute Gasteiger partial charge is 0.270 e. The third-order valence-corrected chi connectivity index (χ3v) is 5.02. The highest BCUT2D eigenvalue weighted by molar-refractivity contribution is 7.13. The summed E-state index contributed by atoms with van der Waals surface area (Å²) in [5, 5.41) is 10.5. The van der Waals surface area contributed by atoms with Crippen molar-refractivity contribution in [3.8, 4) is 22.9 Å². The van der Waals surface area contributed by atoms with Gasteiger partial charge in [-0.05, 0) is 25.5 Å². The van der Waals surface area contributed by atoms with Crippen LogP contribution in [0.25, 0.3) is 11.4 Å². The van der Waals surface area contributed by atoms with Gasteiger partial charge in [0.1, 0.15) is 16.4 Å². The molecule has 136 valence electrons. The largest absolute Gasteiger partial charge is 0.497 e. The number of methoxy groups -OCH3 is 2. The molecule has 0 saturated heterocycles. The fourth-order valence-electron chi connectivity index (χ4n) is 2.40. The predicted octanol–water partition coefficient (Wildman–Crippen LogP) is 3.07. The van der Waals surface area contributed by atoms with E-state index in [1.54, 1.807) is 26.4 Å². The Morgan fingerprint density at radius 2 is 2.08 bits per heavy atom. The molecule has 9 heteroatoms. The van der Waals surface area contributed by atoms with Crippen LogP contribution in [0, 0.1) is 6.92 Å². The molecule has 0 unspecified atom stereocenters. The number of benzene rings is 1. The maximum Gasteiger partial charge on any atom is 0.270 e. The zero-order chi connectivity index (χ0) is 18.7. The predicted molar refractivity (Wildman–Crippen MR) is 99.1 cm³/mol. The number of thiazole rings is 1. The van der Waals surface area contributed by atoms with Crippen LogP contribution < -0.4 is 14.8 Å². The molecule has 3 aromatic rings. The average molecular weight is 373 g/mol. The number of hydrogen-bond acceptors (Lipinski definition) is 7. The highest BCUT2D eigenvalue weighted by atomic mass is 32.1. The third kappa shape index (κ3) is 3.52. The zero-order valence-corrected chi connectivity index (χ0v) is 15.7. The summed E-state index contributed by atoms with van der Waals surface area (Å²) < 4.78 is 10.6. The van der Waals surface area contributed by atoms with Crippen LogP contribution in [0.3, 0.4) is 0 Å². The number of aromatic amines is 1. The number of carbonyl (C=O) groups is 1. The summed E-state index contributed by atoms with van der Waals surface area (Å²) >= 11 is 1.38. The highest BCUT2D eigenvalue weighted by Gasteiger charge is 2.18. The van der Waals surface area contributed by atoms with E-state index in [0.717, 1.165) is 11.4 Å². The van der Waals surface area contributed by atoms with E-state index >= 15 is 0 Å². The van der Waals surface area contributed by atoms with Crippen LogP contribution in [0.15, 0.2) is 18.2 Å². The van der Waals surface area contributed by atoms with Gasteiger partial charge in [-0.15, -0.1) is 16.4 Å². The lowest BCUT2D eigenvalue weighted by atomic mass is 10.2. The van der Waals surface area contributed by atoms with Crippen LogP contribution in [0.4, 0.5) is 5.95 Å². The van der Waals surface area contributed by atoms with Gasteiger partial charge in [0.05, 0.1) is 30.5 Å². The topological polar surface area (TPSA) is 102 Å². The van der Waals surface area contributed by atoms with Gasteiger partial charge >= 0.3 is 0 Å². The minimum absolute atomic E-state index is 0.189. The van der Waals surface area contributed by atoms with Gasteiger partial charge < -0.3 is 9.47 Å². The summed E-state index contributed by atoms with van der Waals surface area (Å²) in [7, 11) is 3.15. The van der Waals surface area contributed by atoms with Gasteiger partial charge in [0.2, 0.25) is 5.95 Å². The van der Waals surface area contributed by atoms with Gasteiger partial charge in [-0.3, -0.25) is 15.2 Å². The Hall–Kier alpha value is -2.94. The molecule has 2 aromatic heterocycles. The molecule has 2 N–H and O–H groups in total. The van der Waals surface area contributed by atoms with Crippen molar-refractivity contribution in [2.75, 3.05) is 19.5 Å². The van der Waals surface area contributed by atoms with Crippen LogP contribution in [0.2, 0.25) is 0 Å². The molecule has 0 atom stereocenters. The standard InChI is InChI=1S/C17H19N5O3S/c1-5-13-18-9(2)14(26-13)16(23)20-17-19-15(21-22-17)11-7-6-10(24-3)8-12(11)25-4/h6-8H,5H2,1-4H3,(H2,19,20,21,22,23). The fraction of sp³-hybridized carbons (Fsp3) is 0.294. The maximum atomic E-state index is 12.4. The first-order valence-electron chi connectivity index (χ1n) is 7.98. The normalized spacial score (nSPS) is 10.6. The number of rotatable bonds is 6. The summed E-state index contributed by atoms with van der Waals surface area (Å²) in [4.78, 5) is 21.7. The minimum Gasteiger partial charge on any atom is -0.497 e. The molecule has 0 radical (unpaired) electrons. The van der Waals surface area contributed by atoms with E-state index in [1.165, 1.54) is 11.3 Å². The summed E-state index contributed by atoms with van der Waals surface area (Å²) in [5.74, 6) is 1.66. The van der Waals surface area contributed by atoms with Crippen molar-refractivity contribution in [1.82, 2.24) is 20.2 Å². The lowest BCUT2D eigenvalue weighted by molar-refractivity contribution is 0.102. The molecule has 0 aliphatic rings. The third-order valence-electron chi connectivity index (χ3n) is 3.72. The number of aryl methyl sites for hydroxylation is 2. The Balaban J connectivity index is 1.82. The number of carbonyl (C=O) groups excluding carboxylic acids is 1. The fourth-order valence-corrected chi connectivity index (χ4v) is 3.30. The molecular formula is C17H19N5O3S. The summed E-state index contributed by atoms with van der Waals surface area (Å²) in [6, 6.07) is 5.36. The first kappa shape index (κ1) is 17.9. The minimum atomic E-state index is -0.271. The molecule has 0 aliphatic heterocycles. The summed E-state index contributed by atoms with van der Waals surface area (Å²) in [6.45, 7) is 3.82. The molecule has 0 fully saturated rings. The first-order valence-corrected chi connectivity index (χ1v) is 8.79. The number of nitrogens with one attached hydrogen (secondary N) is 2. The van der Waals surface area contributed by atoms with Gasteiger partial charge in [-0.25, -0.2) is 4.98 Å². The second-order valence-corrected chi connectivity index (χ2v) is 6.49. The first-order chi connectivity index (χ1) is 12.5. The molecule has 2 heterocycles. The Labute approximate surface area is 154 Å². The van der Waals surface area contributed by atoms with Crippen molar-refractivity contribution >= 4 is 23.2 Å². The van der Waals surface area contributed by atoms with Crippen molar-refractivity contribution in [2.24, 2.45) is 0 Å². The van der Waals surface area contributed by atoms with E-state index in [0.29, 0.717) is 33.5 Å². The zero-order valence-electron chi connectivity index (χ0n) is 14.9. The molecule has 1 aromatic carbocycles. The van der Waals surface area contributed by atoms with Crippen LogP contribution >= 0.6 is 11.3 Å². The SMILES string of the molecule is CCc1nc(C)c(C(=O)Nc2n[nH]c(-c3ccc(OC)cc3OC)n2)s1. The van der Waals surface area contributed by atoms with E-state index in [4.69, 9.17) is 9.47 Å². The van der Waals surface area contributed by atoms with E-state index in [1.807, 2.05) is 19.9 Å². The Morgan fingerprint density at radius 3 is 2.73 bits per heavy atom. The number of aromatic nitrogens is 4. The summed E-state index contributed by atoms with van der Waals surface area (Å²) in [6.07, 6.45) is 0.793. The summed E-state index contributed by atoms with van der Waals surface area (Å²) in [5.41, 5.74) is 1.42. The van der Waals surface area contributed by atoms with E-state index in [-0.39, 0.29) is 11.9 Å². The number of H-pyrrole nitrogens is 1. The van der Waals surface area contributed by atoms with Crippen LogP contribution in [-0.4, -0.2) is 40.3 Å². The van der Waals surface area contributed by atoms with Gasteiger partial charge in [0.15, 0.2) is 5.82 Å². The van der Waals surface area contributed by atoms with Crippen LogP contribution in [0.5, 0.6) is 11.5 Å². The molecule has 3 rings (SSSR count). The molecule has 0 bridgehead atoms. The van der Waals surface area contributed by atoms with Crippen molar-refractivity contribution in [3.63, 3.8) is 0 Å². The van der Waals surface area contributed by atoms with Gasteiger partial charge in [-0.2, -0.15) is 4.98 Å².